The molecule has 1 N–H and O–H groups in total. The highest BCUT2D eigenvalue weighted by Crippen LogP contribution is 2.20. The van der Waals surface area contributed by atoms with E-state index in [0.29, 0.717) is 0 Å². The highest BCUT2D eigenvalue weighted by molar-refractivity contribution is 6.31. The second-order valence-electron chi connectivity index (χ2n) is 4.89. The minimum absolute atomic E-state index is 0.737. The Balaban J connectivity index is 2.02. The van der Waals surface area contributed by atoms with Crippen LogP contribution in [0.3, 0.4) is 0 Å². The fourth-order valence-corrected chi connectivity index (χ4v) is 2.17. The van der Waals surface area contributed by atoms with Gasteiger partial charge < -0.3 is 10.2 Å². The van der Waals surface area contributed by atoms with Crippen molar-refractivity contribution in [2.24, 2.45) is 0 Å². The Morgan fingerprint density at radius 2 is 1.74 bits per heavy atom. The first kappa shape index (κ1) is 13.8. The SMILES string of the molecule is Cc1ccc(CNc2ccc(N(C)C)cc2)c(Cl)c1. The van der Waals surface area contributed by atoms with Crippen molar-refractivity contribution >= 4 is 23.0 Å². The fraction of sp³-hybridized carbons (Fsp3) is 0.250. The first-order valence-electron chi connectivity index (χ1n) is 6.32. The zero-order valence-electron chi connectivity index (χ0n) is 11.6. The van der Waals surface area contributed by atoms with E-state index in [1.165, 1.54) is 11.3 Å². The van der Waals surface area contributed by atoms with Gasteiger partial charge in [0.25, 0.3) is 0 Å². The van der Waals surface area contributed by atoms with E-state index in [9.17, 15) is 0 Å². The van der Waals surface area contributed by atoms with Crippen molar-refractivity contribution in [2.45, 2.75) is 13.5 Å². The van der Waals surface area contributed by atoms with Crippen LogP contribution in [-0.2, 0) is 6.54 Å². The second-order valence-corrected chi connectivity index (χ2v) is 5.30. The number of rotatable bonds is 4. The molecule has 0 heterocycles. The molecule has 0 aliphatic rings. The van der Waals surface area contributed by atoms with Gasteiger partial charge >= 0.3 is 0 Å². The lowest BCUT2D eigenvalue weighted by molar-refractivity contribution is 1.12. The van der Waals surface area contributed by atoms with Gasteiger partial charge in [-0.25, -0.2) is 0 Å². The van der Waals surface area contributed by atoms with Gasteiger partial charge in [0, 0.05) is 37.0 Å². The standard InChI is InChI=1S/C16H19ClN2/c1-12-4-5-13(16(17)10-12)11-18-14-6-8-15(9-7-14)19(2)3/h4-10,18H,11H2,1-3H3. The number of aryl methyl sites for hydroxylation is 1. The van der Waals surface area contributed by atoms with Crippen LogP contribution in [0, 0.1) is 6.92 Å². The van der Waals surface area contributed by atoms with Crippen molar-refractivity contribution in [1.29, 1.82) is 0 Å². The van der Waals surface area contributed by atoms with Gasteiger partial charge in [-0.05, 0) is 48.4 Å². The van der Waals surface area contributed by atoms with Crippen molar-refractivity contribution < 1.29 is 0 Å². The third-order valence-electron chi connectivity index (χ3n) is 3.08. The molecule has 2 aromatic carbocycles. The van der Waals surface area contributed by atoms with E-state index in [2.05, 4.69) is 46.6 Å². The van der Waals surface area contributed by atoms with Gasteiger partial charge in [0.05, 0.1) is 0 Å². The summed E-state index contributed by atoms with van der Waals surface area (Å²) in [5, 5.41) is 4.20. The van der Waals surface area contributed by atoms with Gasteiger partial charge in [0.15, 0.2) is 0 Å². The molecule has 0 unspecified atom stereocenters. The van der Waals surface area contributed by atoms with Crippen LogP contribution in [0.2, 0.25) is 5.02 Å². The molecule has 0 spiro atoms. The van der Waals surface area contributed by atoms with Gasteiger partial charge in [0.1, 0.15) is 0 Å². The van der Waals surface area contributed by atoms with E-state index in [0.717, 1.165) is 22.8 Å². The highest BCUT2D eigenvalue weighted by atomic mass is 35.5. The molecule has 0 bridgehead atoms. The molecule has 3 heteroatoms. The van der Waals surface area contributed by atoms with Crippen LogP contribution in [0.1, 0.15) is 11.1 Å². The fourth-order valence-electron chi connectivity index (χ4n) is 1.87. The molecule has 2 rings (SSSR count). The number of hydrogen-bond acceptors (Lipinski definition) is 2. The summed E-state index contributed by atoms with van der Waals surface area (Å²) in [6.07, 6.45) is 0. The molecule has 0 amide bonds. The Bertz CT molecular complexity index is 547. The number of hydrogen-bond donors (Lipinski definition) is 1. The van der Waals surface area contributed by atoms with Crippen molar-refractivity contribution in [2.75, 3.05) is 24.3 Å². The predicted octanol–water partition coefficient (Wildman–Crippen LogP) is 4.33. The number of anilines is 2. The van der Waals surface area contributed by atoms with Crippen molar-refractivity contribution in [3.63, 3.8) is 0 Å². The van der Waals surface area contributed by atoms with E-state index in [1.807, 2.05) is 27.1 Å². The Labute approximate surface area is 120 Å². The maximum Gasteiger partial charge on any atom is 0.0458 e. The molecule has 2 aromatic rings. The van der Waals surface area contributed by atoms with Crippen LogP contribution >= 0.6 is 11.6 Å². The van der Waals surface area contributed by atoms with E-state index in [1.54, 1.807) is 0 Å². The molecule has 0 fully saturated rings. The van der Waals surface area contributed by atoms with E-state index in [4.69, 9.17) is 11.6 Å². The van der Waals surface area contributed by atoms with Gasteiger partial charge in [-0.15, -0.1) is 0 Å². The molecule has 0 aliphatic carbocycles. The van der Waals surface area contributed by atoms with Gasteiger partial charge in [-0.3, -0.25) is 0 Å². The van der Waals surface area contributed by atoms with Crippen LogP contribution in [0.5, 0.6) is 0 Å². The third-order valence-corrected chi connectivity index (χ3v) is 3.43. The van der Waals surface area contributed by atoms with Crippen LogP contribution in [-0.4, -0.2) is 14.1 Å². The lowest BCUT2D eigenvalue weighted by Gasteiger charge is -2.13. The Morgan fingerprint density at radius 3 is 2.32 bits per heavy atom. The maximum atomic E-state index is 6.22. The summed E-state index contributed by atoms with van der Waals surface area (Å²) in [4.78, 5) is 2.08. The highest BCUT2D eigenvalue weighted by Gasteiger charge is 2.01. The minimum atomic E-state index is 0.737. The molecule has 0 aromatic heterocycles. The van der Waals surface area contributed by atoms with Crippen LogP contribution < -0.4 is 10.2 Å². The zero-order chi connectivity index (χ0) is 13.8. The largest absolute Gasteiger partial charge is 0.381 e. The summed E-state index contributed by atoms with van der Waals surface area (Å²) in [5.41, 5.74) is 4.59. The normalized spacial score (nSPS) is 10.3. The molecule has 0 radical (unpaired) electrons. The van der Waals surface area contributed by atoms with Crippen molar-refractivity contribution in [1.82, 2.24) is 0 Å². The summed E-state index contributed by atoms with van der Waals surface area (Å²) in [7, 11) is 4.07. The number of nitrogens with one attached hydrogen (secondary N) is 1. The topological polar surface area (TPSA) is 15.3 Å². The summed E-state index contributed by atoms with van der Waals surface area (Å²) >= 11 is 6.22. The molecule has 0 saturated carbocycles. The van der Waals surface area contributed by atoms with Crippen LogP contribution in [0.15, 0.2) is 42.5 Å². The lowest BCUT2D eigenvalue weighted by Crippen LogP contribution is -2.08. The van der Waals surface area contributed by atoms with Crippen molar-refractivity contribution in [3.8, 4) is 0 Å². The van der Waals surface area contributed by atoms with E-state index < -0.39 is 0 Å². The quantitative estimate of drug-likeness (QED) is 0.893. The van der Waals surface area contributed by atoms with Crippen LogP contribution in [0.25, 0.3) is 0 Å². The van der Waals surface area contributed by atoms with Gasteiger partial charge in [-0.1, -0.05) is 23.7 Å². The monoisotopic (exact) mass is 274 g/mol. The summed E-state index contributed by atoms with van der Waals surface area (Å²) in [5.74, 6) is 0. The molecule has 19 heavy (non-hydrogen) atoms. The van der Waals surface area contributed by atoms with Gasteiger partial charge in [0.2, 0.25) is 0 Å². The minimum Gasteiger partial charge on any atom is -0.381 e. The number of benzene rings is 2. The molecule has 0 saturated heterocycles. The zero-order valence-corrected chi connectivity index (χ0v) is 12.3. The predicted molar refractivity (Wildman–Crippen MR) is 84.3 cm³/mol. The maximum absolute atomic E-state index is 6.22. The second kappa shape index (κ2) is 5.98. The average Bonchev–Trinajstić information content (AvgIpc) is 2.38. The van der Waals surface area contributed by atoms with E-state index >= 15 is 0 Å². The molecular weight excluding hydrogens is 256 g/mol. The first-order chi connectivity index (χ1) is 9.06. The number of halogens is 1. The van der Waals surface area contributed by atoms with E-state index in [-0.39, 0.29) is 0 Å². The molecule has 2 nitrogen and oxygen atoms in total. The van der Waals surface area contributed by atoms with Gasteiger partial charge in [-0.2, -0.15) is 0 Å². The smallest absolute Gasteiger partial charge is 0.0458 e. The summed E-state index contributed by atoms with van der Waals surface area (Å²) in [6.45, 7) is 2.78. The Morgan fingerprint density at radius 1 is 1.05 bits per heavy atom. The number of nitrogens with zero attached hydrogens (tertiary/aromatic N) is 1. The van der Waals surface area contributed by atoms with Crippen LogP contribution in [0.4, 0.5) is 11.4 Å². The Kier molecular flexibility index (Phi) is 4.33. The Hall–Kier alpha value is -1.67. The molecule has 0 atom stereocenters. The third kappa shape index (κ3) is 3.65. The lowest BCUT2D eigenvalue weighted by atomic mass is 10.1. The summed E-state index contributed by atoms with van der Waals surface area (Å²) < 4.78 is 0. The molecule has 100 valence electrons. The average molecular weight is 275 g/mol. The van der Waals surface area contributed by atoms with Crippen molar-refractivity contribution in [3.05, 3.63) is 58.6 Å². The first-order valence-corrected chi connectivity index (χ1v) is 6.70. The molecule has 0 aliphatic heterocycles. The summed E-state index contributed by atoms with van der Waals surface area (Å²) in [6, 6.07) is 14.5. The molecular formula is C16H19ClN2.